The Balaban J connectivity index is 3.02. The van der Waals surface area contributed by atoms with Crippen LogP contribution in [-0.2, 0) is 9.78 Å². The van der Waals surface area contributed by atoms with Gasteiger partial charge in [0.05, 0.1) is 13.2 Å². The molecule has 1 rings (SSSR count). The van der Waals surface area contributed by atoms with Gasteiger partial charge in [0.1, 0.15) is 0 Å². The van der Waals surface area contributed by atoms with E-state index in [1.807, 2.05) is 0 Å². The van der Waals surface area contributed by atoms with Gasteiger partial charge >= 0.3 is 0 Å². The number of hydrogen-bond donors (Lipinski definition) is 0. The molecule has 1 aliphatic rings. The van der Waals surface area contributed by atoms with Crippen molar-refractivity contribution in [1.82, 2.24) is 0 Å². The molecule has 0 aliphatic carbocycles. The summed E-state index contributed by atoms with van der Waals surface area (Å²) in [5.41, 5.74) is 0.856. The zero-order valence-corrected chi connectivity index (χ0v) is 15.1. The minimum absolute atomic E-state index is 0.170. The Hall–Kier alpha value is -0.0800. The molecule has 0 bridgehead atoms. The second-order valence-corrected chi connectivity index (χ2v) is 8.62. The molecule has 0 aromatic carbocycles. The van der Waals surface area contributed by atoms with Gasteiger partial charge in [0.15, 0.2) is 0 Å². The standard InChI is InChI=1S/C18H36O2/c1-9-17(7)13-19-20-14-18(8,10-2)16(5,6)12-11-15(17,3)4/h9-14H2,1-8H3. The Kier molecular flexibility index (Phi) is 5.36. The molecule has 0 spiro atoms. The van der Waals surface area contributed by atoms with Crippen LogP contribution in [0.15, 0.2) is 0 Å². The van der Waals surface area contributed by atoms with Crippen LogP contribution in [0.1, 0.15) is 81.1 Å². The van der Waals surface area contributed by atoms with Gasteiger partial charge in [-0.25, -0.2) is 9.78 Å². The molecular formula is C18H36O2. The smallest absolute Gasteiger partial charge is 0.0880 e. The van der Waals surface area contributed by atoms with Gasteiger partial charge in [-0.05, 0) is 47.3 Å². The largest absolute Gasteiger partial charge is 0.236 e. The highest BCUT2D eigenvalue weighted by molar-refractivity contribution is 4.94. The number of rotatable bonds is 2. The molecule has 0 N–H and O–H groups in total. The molecule has 2 nitrogen and oxygen atoms in total. The van der Waals surface area contributed by atoms with Crippen molar-refractivity contribution in [1.29, 1.82) is 0 Å². The highest BCUT2D eigenvalue weighted by Crippen LogP contribution is 2.52. The van der Waals surface area contributed by atoms with Gasteiger partial charge in [-0.3, -0.25) is 0 Å². The molecule has 0 aromatic heterocycles. The average molecular weight is 284 g/mol. The summed E-state index contributed by atoms with van der Waals surface area (Å²) in [5.74, 6) is 0. The van der Waals surface area contributed by atoms with Gasteiger partial charge in [0.25, 0.3) is 0 Å². The van der Waals surface area contributed by atoms with Crippen LogP contribution < -0.4 is 0 Å². The monoisotopic (exact) mass is 284 g/mol. The van der Waals surface area contributed by atoms with E-state index in [0.717, 1.165) is 12.8 Å². The van der Waals surface area contributed by atoms with E-state index in [2.05, 4.69) is 55.4 Å². The predicted molar refractivity (Wildman–Crippen MR) is 85.5 cm³/mol. The van der Waals surface area contributed by atoms with Gasteiger partial charge in [-0.2, -0.15) is 0 Å². The Bertz CT molecular complexity index is 289. The molecule has 2 heteroatoms. The van der Waals surface area contributed by atoms with E-state index in [1.54, 1.807) is 0 Å². The van der Waals surface area contributed by atoms with Gasteiger partial charge in [0, 0.05) is 0 Å². The molecule has 2 unspecified atom stereocenters. The predicted octanol–water partition coefficient (Wildman–Crippen LogP) is 5.61. The first-order valence-corrected chi connectivity index (χ1v) is 8.28. The van der Waals surface area contributed by atoms with Crippen LogP contribution >= 0.6 is 0 Å². The van der Waals surface area contributed by atoms with Gasteiger partial charge < -0.3 is 0 Å². The Labute approximate surface area is 126 Å². The summed E-state index contributed by atoms with van der Waals surface area (Å²) >= 11 is 0. The van der Waals surface area contributed by atoms with E-state index < -0.39 is 0 Å². The summed E-state index contributed by atoms with van der Waals surface area (Å²) < 4.78 is 0. The first kappa shape index (κ1) is 18.0. The molecule has 0 aromatic rings. The maximum Gasteiger partial charge on any atom is 0.0880 e. The summed E-state index contributed by atoms with van der Waals surface area (Å²) in [6, 6.07) is 0. The Morgan fingerprint density at radius 2 is 0.950 bits per heavy atom. The van der Waals surface area contributed by atoms with Crippen molar-refractivity contribution in [3.63, 3.8) is 0 Å². The molecule has 20 heavy (non-hydrogen) atoms. The van der Waals surface area contributed by atoms with E-state index >= 15 is 0 Å². The van der Waals surface area contributed by atoms with Gasteiger partial charge in [0.2, 0.25) is 0 Å². The SMILES string of the molecule is CCC1(C)COOCC(C)(CC)C(C)(C)CCC1(C)C. The first-order valence-electron chi connectivity index (χ1n) is 8.28. The Morgan fingerprint density at radius 3 is 1.20 bits per heavy atom. The van der Waals surface area contributed by atoms with E-state index in [4.69, 9.17) is 9.78 Å². The lowest BCUT2D eigenvalue weighted by Crippen LogP contribution is -2.45. The molecule has 0 saturated carbocycles. The lowest BCUT2D eigenvalue weighted by atomic mass is 9.58. The Morgan fingerprint density at radius 1 is 0.650 bits per heavy atom. The molecule has 1 saturated heterocycles. The second-order valence-electron chi connectivity index (χ2n) is 8.62. The van der Waals surface area contributed by atoms with E-state index in [1.165, 1.54) is 12.8 Å². The third kappa shape index (κ3) is 3.22. The van der Waals surface area contributed by atoms with Crippen LogP contribution in [0.25, 0.3) is 0 Å². The third-order valence-corrected chi connectivity index (χ3v) is 7.04. The third-order valence-electron chi connectivity index (χ3n) is 7.04. The number of hydrogen-bond acceptors (Lipinski definition) is 2. The van der Waals surface area contributed by atoms with Crippen LogP contribution in [0.4, 0.5) is 0 Å². The minimum atomic E-state index is 0.170. The fourth-order valence-corrected chi connectivity index (χ4v) is 3.12. The van der Waals surface area contributed by atoms with Crippen molar-refractivity contribution >= 4 is 0 Å². The van der Waals surface area contributed by atoms with Crippen LogP contribution in [0.3, 0.4) is 0 Å². The van der Waals surface area contributed by atoms with Crippen molar-refractivity contribution in [2.24, 2.45) is 21.7 Å². The quantitative estimate of drug-likeness (QED) is 0.613. The second kappa shape index (κ2) is 5.96. The topological polar surface area (TPSA) is 18.5 Å². The highest BCUT2D eigenvalue weighted by atomic mass is 17.2. The van der Waals surface area contributed by atoms with Gasteiger partial charge in [-0.1, -0.05) is 55.4 Å². The lowest BCUT2D eigenvalue weighted by molar-refractivity contribution is -0.338. The van der Waals surface area contributed by atoms with E-state index in [0.29, 0.717) is 13.2 Å². The van der Waals surface area contributed by atoms with Crippen LogP contribution in [0.5, 0.6) is 0 Å². The van der Waals surface area contributed by atoms with Crippen LogP contribution in [-0.4, -0.2) is 13.2 Å². The molecule has 1 aliphatic heterocycles. The summed E-state index contributed by atoms with van der Waals surface area (Å²) in [6.45, 7) is 20.1. The molecule has 1 heterocycles. The fraction of sp³-hybridized carbons (Fsp3) is 1.00. The zero-order chi connectivity index (χ0) is 15.7. The normalized spacial score (nSPS) is 38.4. The summed E-state index contributed by atoms with van der Waals surface area (Å²) in [5, 5.41) is 0. The summed E-state index contributed by atoms with van der Waals surface area (Å²) in [4.78, 5) is 11.3. The van der Waals surface area contributed by atoms with Crippen LogP contribution in [0.2, 0.25) is 0 Å². The van der Waals surface area contributed by atoms with Crippen molar-refractivity contribution < 1.29 is 9.78 Å². The summed E-state index contributed by atoms with van der Waals surface area (Å²) in [7, 11) is 0. The minimum Gasteiger partial charge on any atom is -0.236 e. The summed E-state index contributed by atoms with van der Waals surface area (Å²) in [6.07, 6.45) is 4.72. The lowest BCUT2D eigenvalue weighted by Gasteiger charge is -2.50. The molecule has 0 radical (unpaired) electrons. The maximum absolute atomic E-state index is 5.64. The van der Waals surface area contributed by atoms with Crippen molar-refractivity contribution in [2.45, 2.75) is 81.1 Å². The molecule has 1 fully saturated rings. The molecule has 0 amide bonds. The molecule has 120 valence electrons. The van der Waals surface area contributed by atoms with Gasteiger partial charge in [-0.15, -0.1) is 0 Å². The van der Waals surface area contributed by atoms with Crippen molar-refractivity contribution in [2.75, 3.05) is 13.2 Å². The van der Waals surface area contributed by atoms with E-state index in [-0.39, 0.29) is 21.7 Å². The first-order chi connectivity index (χ1) is 9.04. The van der Waals surface area contributed by atoms with Crippen molar-refractivity contribution in [3.8, 4) is 0 Å². The average Bonchev–Trinajstić information content (AvgIpc) is 2.39. The van der Waals surface area contributed by atoms with E-state index in [9.17, 15) is 0 Å². The zero-order valence-electron chi connectivity index (χ0n) is 15.1. The maximum atomic E-state index is 5.64. The highest BCUT2D eigenvalue weighted by Gasteiger charge is 2.46. The van der Waals surface area contributed by atoms with Crippen LogP contribution in [0, 0.1) is 21.7 Å². The van der Waals surface area contributed by atoms with Crippen molar-refractivity contribution in [3.05, 3.63) is 0 Å². The molecule has 2 atom stereocenters. The fourth-order valence-electron chi connectivity index (χ4n) is 3.12. The molecular weight excluding hydrogens is 248 g/mol.